The van der Waals surface area contributed by atoms with Crippen molar-refractivity contribution in [1.29, 1.82) is 0 Å². The zero-order valence-electron chi connectivity index (χ0n) is 10.5. The summed E-state index contributed by atoms with van der Waals surface area (Å²) in [5.74, 6) is -0.301. The summed E-state index contributed by atoms with van der Waals surface area (Å²) in [6, 6.07) is 0. The molecule has 1 aromatic rings. The molecule has 1 rings (SSSR count). The Balaban J connectivity index is 2.96. The number of carbonyl (C=O) groups is 1. The van der Waals surface area contributed by atoms with Crippen molar-refractivity contribution < 1.29 is 9.53 Å². The third kappa shape index (κ3) is 3.30. The summed E-state index contributed by atoms with van der Waals surface area (Å²) in [5, 5.41) is 2.66. The third-order valence-electron chi connectivity index (χ3n) is 2.19. The topological polar surface area (TPSA) is 73.2 Å². The van der Waals surface area contributed by atoms with Gasteiger partial charge in [-0.1, -0.05) is 0 Å². The van der Waals surface area contributed by atoms with Crippen LogP contribution in [0.3, 0.4) is 0 Å². The average molecular weight is 239 g/mol. The monoisotopic (exact) mass is 239 g/mol. The van der Waals surface area contributed by atoms with Crippen molar-refractivity contribution in [2.75, 3.05) is 19.0 Å². The zero-order valence-corrected chi connectivity index (χ0v) is 10.5. The summed E-state index contributed by atoms with van der Waals surface area (Å²) in [6.45, 7) is 5.67. The fraction of sp³-hybridized carbons (Fsp3) is 0.545. The summed E-state index contributed by atoms with van der Waals surface area (Å²) in [5.41, 5.74) is -0.592. The maximum atomic E-state index is 12.0. The number of ether oxygens (including phenoxy) is 1. The molecule has 0 aromatic carbocycles. The maximum absolute atomic E-state index is 12.0. The highest BCUT2D eigenvalue weighted by Crippen LogP contribution is 2.10. The van der Waals surface area contributed by atoms with Crippen LogP contribution in [-0.4, -0.2) is 29.2 Å². The minimum Gasteiger partial charge on any atom is -0.468 e. The minimum absolute atomic E-state index is 0.0765. The molecule has 0 amide bonds. The SMILES string of the molecule is COC(=O)CNc1nccn(C(C)(C)C)c1=O. The Hall–Kier alpha value is -1.85. The van der Waals surface area contributed by atoms with Gasteiger partial charge in [-0.15, -0.1) is 0 Å². The Morgan fingerprint density at radius 1 is 1.53 bits per heavy atom. The fourth-order valence-corrected chi connectivity index (χ4v) is 1.29. The number of hydrogen-bond acceptors (Lipinski definition) is 5. The van der Waals surface area contributed by atoms with Gasteiger partial charge in [-0.3, -0.25) is 9.59 Å². The van der Waals surface area contributed by atoms with Gasteiger partial charge in [0.2, 0.25) is 0 Å². The van der Waals surface area contributed by atoms with Crippen molar-refractivity contribution in [1.82, 2.24) is 9.55 Å². The van der Waals surface area contributed by atoms with E-state index in [-0.39, 0.29) is 23.5 Å². The Morgan fingerprint density at radius 3 is 2.71 bits per heavy atom. The van der Waals surface area contributed by atoms with Gasteiger partial charge in [0.05, 0.1) is 7.11 Å². The van der Waals surface area contributed by atoms with Gasteiger partial charge in [0.25, 0.3) is 5.56 Å². The van der Waals surface area contributed by atoms with Gasteiger partial charge in [0, 0.05) is 17.9 Å². The Bertz CT molecular complexity index is 460. The molecule has 0 bridgehead atoms. The van der Waals surface area contributed by atoms with Crippen LogP contribution in [0.25, 0.3) is 0 Å². The van der Waals surface area contributed by atoms with E-state index < -0.39 is 5.97 Å². The largest absolute Gasteiger partial charge is 0.468 e. The van der Waals surface area contributed by atoms with Crippen molar-refractivity contribution in [3.8, 4) is 0 Å². The molecule has 0 radical (unpaired) electrons. The van der Waals surface area contributed by atoms with E-state index >= 15 is 0 Å². The molecule has 0 aliphatic heterocycles. The number of rotatable bonds is 3. The first-order chi connectivity index (χ1) is 7.86. The second-order valence-corrected chi connectivity index (χ2v) is 4.55. The van der Waals surface area contributed by atoms with E-state index in [0.717, 1.165) is 0 Å². The number of esters is 1. The van der Waals surface area contributed by atoms with Gasteiger partial charge in [-0.2, -0.15) is 0 Å². The van der Waals surface area contributed by atoms with Crippen molar-refractivity contribution >= 4 is 11.8 Å². The van der Waals surface area contributed by atoms with E-state index in [4.69, 9.17) is 0 Å². The number of nitrogens with one attached hydrogen (secondary N) is 1. The van der Waals surface area contributed by atoms with Crippen LogP contribution in [-0.2, 0) is 15.1 Å². The van der Waals surface area contributed by atoms with Gasteiger partial charge >= 0.3 is 5.97 Å². The lowest BCUT2D eigenvalue weighted by Gasteiger charge is -2.22. The zero-order chi connectivity index (χ0) is 13.1. The number of carbonyl (C=O) groups excluding carboxylic acids is 1. The molecule has 94 valence electrons. The van der Waals surface area contributed by atoms with E-state index in [9.17, 15) is 9.59 Å². The molecule has 0 unspecified atom stereocenters. The number of methoxy groups -OCH3 is 1. The molecule has 0 fully saturated rings. The highest BCUT2D eigenvalue weighted by atomic mass is 16.5. The first-order valence-corrected chi connectivity index (χ1v) is 5.25. The summed E-state index contributed by atoms with van der Waals surface area (Å²) >= 11 is 0. The second kappa shape index (κ2) is 4.99. The van der Waals surface area contributed by atoms with Crippen molar-refractivity contribution in [3.63, 3.8) is 0 Å². The lowest BCUT2D eigenvalue weighted by atomic mass is 10.1. The number of nitrogens with zero attached hydrogens (tertiary/aromatic N) is 2. The molecule has 0 aliphatic carbocycles. The molecular weight excluding hydrogens is 222 g/mol. The molecule has 0 aliphatic rings. The predicted molar refractivity (Wildman–Crippen MR) is 64.0 cm³/mol. The van der Waals surface area contributed by atoms with Crippen LogP contribution in [0, 0.1) is 0 Å². The number of anilines is 1. The molecule has 0 atom stereocenters. The molecular formula is C11H17N3O3. The van der Waals surface area contributed by atoms with Gasteiger partial charge in [-0.05, 0) is 20.8 Å². The van der Waals surface area contributed by atoms with E-state index in [2.05, 4.69) is 15.0 Å². The smallest absolute Gasteiger partial charge is 0.325 e. The fourth-order valence-electron chi connectivity index (χ4n) is 1.29. The van der Waals surface area contributed by atoms with Gasteiger partial charge in [0.15, 0.2) is 5.82 Å². The average Bonchev–Trinajstić information content (AvgIpc) is 2.25. The third-order valence-corrected chi connectivity index (χ3v) is 2.19. The van der Waals surface area contributed by atoms with Crippen LogP contribution in [0.15, 0.2) is 17.2 Å². The normalized spacial score (nSPS) is 11.1. The maximum Gasteiger partial charge on any atom is 0.325 e. The number of aromatic nitrogens is 2. The Kier molecular flexibility index (Phi) is 3.88. The molecule has 0 spiro atoms. The first-order valence-electron chi connectivity index (χ1n) is 5.25. The Labute approximate surface area is 99.6 Å². The summed E-state index contributed by atoms with van der Waals surface area (Å²) in [6.07, 6.45) is 3.14. The van der Waals surface area contributed by atoms with Gasteiger partial charge in [-0.25, -0.2) is 4.98 Å². The highest BCUT2D eigenvalue weighted by Gasteiger charge is 2.16. The van der Waals surface area contributed by atoms with Crippen LogP contribution in [0.4, 0.5) is 5.82 Å². The minimum atomic E-state index is -0.447. The van der Waals surface area contributed by atoms with Crippen molar-refractivity contribution in [2.45, 2.75) is 26.3 Å². The lowest BCUT2D eigenvalue weighted by Crippen LogP contribution is -2.35. The molecule has 17 heavy (non-hydrogen) atoms. The van der Waals surface area contributed by atoms with Crippen LogP contribution in [0.2, 0.25) is 0 Å². The van der Waals surface area contributed by atoms with E-state index in [1.54, 1.807) is 10.8 Å². The first kappa shape index (κ1) is 13.2. The van der Waals surface area contributed by atoms with E-state index in [0.29, 0.717) is 0 Å². The molecule has 1 aromatic heterocycles. The summed E-state index contributed by atoms with van der Waals surface area (Å²) in [4.78, 5) is 26.9. The quantitative estimate of drug-likeness (QED) is 0.781. The molecule has 1 heterocycles. The highest BCUT2D eigenvalue weighted by molar-refractivity contribution is 5.74. The van der Waals surface area contributed by atoms with Crippen LogP contribution in [0.5, 0.6) is 0 Å². The Morgan fingerprint density at radius 2 is 2.18 bits per heavy atom. The van der Waals surface area contributed by atoms with E-state index in [1.165, 1.54) is 13.3 Å². The molecule has 6 nitrogen and oxygen atoms in total. The molecule has 1 N–H and O–H groups in total. The molecule has 0 saturated carbocycles. The van der Waals surface area contributed by atoms with Crippen LogP contribution in [0.1, 0.15) is 20.8 Å². The summed E-state index contributed by atoms with van der Waals surface area (Å²) < 4.78 is 6.03. The standard InChI is InChI=1S/C11H17N3O3/c1-11(2,3)14-6-5-12-9(10(14)16)13-7-8(15)17-4/h5-6H,7H2,1-4H3,(H,12,13). The van der Waals surface area contributed by atoms with Crippen molar-refractivity contribution in [3.05, 3.63) is 22.7 Å². The molecule has 6 heteroatoms. The van der Waals surface area contributed by atoms with Gasteiger partial charge < -0.3 is 14.6 Å². The van der Waals surface area contributed by atoms with Crippen molar-refractivity contribution in [2.24, 2.45) is 0 Å². The summed E-state index contributed by atoms with van der Waals surface area (Å²) in [7, 11) is 1.29. The van der Waals surface area contributed by atoms with Crippen LogP contribution < -0.4 is 10.9 Å². The predicted octanol–water partition coefficient (Wildman–Crippen LogP) is 0.583. The van der Waals surface area contributed by atoms with Crippen LogP contribution >= 0.6 is 0 Å². The second-order valence-electron chi connectivity index (χ2n) is 4.55. The van der Waals surface area contributed by atoms with E-state index in [1.807, 2.05) is 20.8 Å². The number of hydrogen-bond donors (Lipinski definition) is 1. The van der Waals surface area contributed by atoms with Gasteiger partial charge in [0.1, 0.15) is 6.54 Å². The molecule has 0 saturated heterocycles. The lowest BCUT2D eigenvalue weighted by molar-refractivity contribution is -0.138.